The van der Waals surface area contributed by atoms with Gasteiger partial charge in [0.1, 0.15) is 12.6 Å². The lowest BCUT2D eigenvalue weighted by atomic mass is 10.1. The molecule has 0 aromatic heterocycles. The molecule has 21 heavy (non-hydrogen) atoms. The Morgan fingerprint density at radius 3 is 2.86 bits per heavy atom. The highest BCUT2D eigenvalue weighted by atomic mass is 16.5. The van der Waals surface area contributed by atoms with E-state index in [4.69, 9.17) is 4.74 Å². The van der Waals surface area contributed by atoms with Crippen molar-refractivity contribution in [2.75, 3.05) is 26.2 Å². The zero-order valence-electron chi connectivity index (χ0n) is 12.4. The van der Waals surface area contributed by atoms with Crippen LogP contribution >= 0.6 is 0 Å². The molecule has 1 heterocycles. The number of amides is 1. The van der Waals surface area contributed by atoms with Crippen molar-refractivity contribution in [2.45, 2.75) is 25.8 Å². The second kappa shape index (κ2) is 7.78. The van der Waals surface area contributed by atoms with Crippen LogP contribution in [-0.4, -0.2) is 49.1 Å². The van der Waals surface area contributed by atoms with Gasteiger partial charge in [-0.25, -0.2) is 0 Å². The molecule has 1 saturated heterocycles. The second-order valence-corrected chi connectivity index (χ2v) is 5.10. The molecule has 1 amide bonds. The van der Waals surface area contributed by atoms with Gasteiger partial charge in [0.05, 0.1) is 6.42 Å². The lowest BCUT2D eigenvalue weighted by molar-refractivity contribution is -0.159. The van der Waals surface area contributed by atoms with Gasteiger partial charge in [-0.1, -0.05) is 37.3 Å². The number of hydrogen-bond acceptors (Lipinski definition) is 4. The van der Waals surface area contributed by atoms with Gasteiger partial charge in [-0.3, -0.25) is 14.5 Å². The van der Waals surface area contributed by atoms with Gasteiger partial charge in [-0.05, 0) is 18.5 Å². The Labute approximate surface area is 125 Å². The quantitative estimate of drug-likeness (QED) is 0.794. The minimum atomic E-state index is -0.444. The summed E-state index contributed by atoms with van der Waals surface area (Å²) in [5, 5.41) is 2.87. The van der Waals surface area contributed by atoms with E-state index in [1.54, 1.807) is 0 Å². The summed E-state index contributed by atoms with van der Waals surface area (Å²) in [6.45, 7) is 4.43. The van der Waals surface area contributed by atoms with E-state index >= 15 is 0 Å². The van der Waals surface area contributed by atoms with Crippen molar-refractivity contribution in [2.24, 2.45) is 0 Å². The smallest absolute Gasteiger partial charge is 0.323 e. The van der Waals surface area contributed by atoms with Crippen molar-refractivity contribution < 1.29 is 14.3 Å². The van der Waals surface area contributed by atoms with Crippen LogP contribution in [0.25, 0.3) is 0 Å². The van der Waals surface area contributed by atoms with Gasteiger partial charge in [0.25, 0.3) is 0 Å². The molecule has 1 fully saturated rings. The fourth-order valence-corrected chi connectivity index (χ4v) is 2.49. The van der Waals surface area contributed by atoms with Crippen LogP contribution in [0.3, 0.4) is 0 Å². The highest BCUT2D eigenvalue weighted by molar-refractivity contribution is 5.85. The fraction of sp³-hybridized carbons (Fsp3) is 0.500. The molecule has 114 valence electrons. The first-order valence-electron chi connectivity index (χ1n) is 7.42. The molecule has 5 nitrogen and oxygen atoms in total. The Hall–Kier alpha value is -1.88. The highest BCUT2D eigenvalue weighted by Gasteiger charge is 2.32. The number of nitrogens with zero attached hydrogens (tertiary/aromatic N) is 1. The largest absolute Gasteiger partial charge is 0.463 e. The number of carbonyl (C=O) groups excluding carboxylic acids is 2. The average molecular weight is 290 g/mol. The van der Waals surface area contributed by atoms with Crippen LogP contribution in [0.5, 0.6) is 0 Å². The number of benzene rings is 1. The molecular formula is C16H22N2O3. The molecule has 0 aliphatic carbocycles. The number of ether oxygens (including phenoxy) is 1. The van der Waals surface area contributed by atoms with Gasteiger partial charge in [-0.15, -0.1) is 0 Å². The topological polar surface area (TPSA) is 58.6 Å². The van der Waals surface area contributed by atoms with Crippen molar-refractivity contribution in [1.82, 2.24) is 10.2 Å². The summed E-state index contributed by atoms with van der Waals surface area (Å²) >= 11 is 0. The SMILES string of the molecule is CCN1CCOC(=O)C1CC(=O)NCCc1ccccc1. The molecule has 2 rings (SSSR count). The van der Waals surface area contributed by atoms with E-state index in [9.17, 15) is 9.59 Å². The van der Waals surface area contributed by atoms with Gasteiger partial charge >= 0.3 is 5.97 Å². The molecule has 1 atom stereocenters. The maximum atomic E-state index is 12.0. The third-order valence-corrected chi connectivity index (χ3v) is 3.70. The Bertz CT molecular complexity index is 476. The summed E-state index contributed by atoms with van der Waals surface area (Å²) in [5.41, 5.74) is 1.19. The summed E-state index contributed by atoms with van der Waals surface area (Å²) < 4.78 is 5.04. The van der Waals surface area contributed by atoms with E-state index < -0.39 is 6.04 Å². The molecule has 5 heteroatoms. The van der Waals surface area contributed by atoms with E-state index in [1.807, 2.05) is 42.2 Å². The molecular weight excluding hydrogens is 268 g/mol. The molecule has 0 bridgehead atoms. The number of carbonyl (C=O) groups is 2. The molecule has 1 aliphatic rings. The molecule has 1 unspecified atom stereocenters. The van der Waals surface area contributed by atoms with E-state index in [0.717, 1.165) is 13.0 Å². The van der Waals surface area contributed by atoms with E-state index in [2.05, 4.69) is 5.32 Å². The Balaban J connectivity index is 1.77. The predicted molar refractivity (Wildman–Crippen MR) is 79.8 cm³/mol. The van der Waals surface area contributed by atoms with Crippen LogP contribution in [-0.2, 0) is 20.7 Å². The first kappa shape index (κ1) is 15.5. The van der Waals surface area contributed by atoms with Crippen LogP contribution in [0.2, 0.25) is 0 Å². The van der Waals surface area contributed by atoms with Crippen molar-refractivity contribution >= 4 is 11.9 Å². The maximum absolute atomic E-state index is 12.0. The molecule has 0 saturated carbocycles. The van der Waals surface area contributed by atoms with Crippen molar-refractivity contribution in [3.8, 4) is 0 Å². The van der Waals surface area contributed by atoms with Crippen LogP contribution in [0.1, 0.15) is 18.9 Å². The van der Waals surface area contributed by atoms with Gasteiger partial charge < -0.3 is 10.1 Å². The Morgan fingerprint density at radius 2 is 2.14 bits per heavy atom. The minimum Gasteiger partial charge on any atom is -0.463 e. The molecule has 1 aliphatic heterocycles. The normalized spacial score (nSPS) is 19.1. The van der Waals surface area contributed by atoms with E-state index in [-0.39, 0.29) is 18.3 Å². The zero-order chi connectivity index (χ0) is 15.1. The number of likely N-dealkylation sites (N-methyl/N-ethyl adjacent to an activating group) is 1. The zero-order valence-corrected chi connectivity index (χ0v) is 12.4. The molecule has 0 spiro atoms. The van der Waals surface area contributed by atoms with Gasteiger partial charge in [0.15, 0.2) is 0 Å². The second-order valence-electron chi connectivity index (χ2n) is 5.10. The summed E-state index contributed by atoms with van der Waals surface area (Å²) in [4.78, 5) is 25.7. The fourth-order valence-electron chi connectivity index (χ4n) is 2.49. The summed E-state index contributed by atoms with van der Waals surface area (Å²) in [7, 11) is 0. The first-order chi connectivity index (χ1) is 10.2. The van der Waals surface area contributed by atoms with E-state index in [1.165, 1.54) is 5.56 Å². The van der Waals surface area contributed by atoms with Crippen LogP contribution in [0.15, 0.2) is 30.3 Å². The molecule has 1 N–H and O–H groups in total. The number of esters is 1. The Morgan fingerprint density at radius 1 is 1.38 bits per heavy atom. The molecule has 1 aromatic carbocycles. The van der Waals surface area contributed by atoms with Gasteiger partial charge in [0.2, 0.25) is 5.91 Å². The summed E-state index contributed by atoms with van der Waals surface area (Å²) in [6.07, 6.45) is 0.959. The third-order valence-electron chi connectivity index (χ3n) is 3.70. The number of rotatable bonds is 6. The van der Waals surface area contributed by atoms with Crippen molar-refractivity contribution in [1.29, 1.82) is 0 Å². The van der Waals surface area contributed by atoms with E-state index in [0.29, 0.717) is 19.7 Å². The van der Waals surface area contributed by atoms with Gasteiger partial charge in [0, 0.05) is 13.1 Å². The monoisotopic (exact) mass is 290 g/mol. The Kier molecular flexibility index (Phi) is 5.75. The van der Waals surface area contributed by atoms with Crippen LogP contribution in [0, 0.1) is 0 Å². The lowest BCUT2D eigenvalue weighted by Crippen LogP contribution is -2.50. The number of nitrogens with one attached hydrogen (secondary N) is 1. The summed E-state index contributed by atoms with van der Waals surface area (Å²) in [5.74, 6) is -0.394. The lowest BCUT2D eigenvalue weighted by Gasteiger charge is -2.32. The van der Waals surface area contributed by atoms with Crippen molar-refractivity contribution in [3.63, 3.8) is 0 Å². The third kappa shape index (κ3) is 4.56. The standard InChI is InChI=1S/C16H22N2O3/c1-2-18-10-11-21-16(20)14(18)12-15(19)17-9-8-13-6-4-3-5-7-13/h3-7,14H,2,8-12H2,1H3,(H,17,19). The molecule has 1 aromatic rings. The van der Waals surface area contributed by atoms with Gasteiger partial charge in [-0.2, -0.15) is 0 Å². The van der Waals surface area contributed by atoms with Crippen LogP contribution < -0.4 is 5.32 Å². The number of hydrogen-bond donors (Lipinski definition) is 1. The first-order valence-corrected chi connectivity index (χ1v) is 7.42. The minimum absolute atomic E-state index is 0.103. The molecule has 0 radical (unpaired) electrons. The van der Waals surface area contributed by atoms with Crippen molar-refractivity contribution in [3.05, 3.63) is 35.9 Å². The average Bonchev–Trinajstić information content (AvgIpc) is 2.50. The number of cyclic esters (lactones) is 1. The van der Waals surface area contributed by atoms with Crippen LogP contribution in [0.4, 0.5) is 0 Å². The summed E-state index contributed by atoms with van der Waals surface area (Å²) in [6, 6.07) is 9.55. The predicted octanol–water partition coefficient (Wildman–Crippen LogP) is 0.983. The number of morpholine rings is 1. The highest BCUT2D eigenvalue weighted by Crippen LogP contribution is 2.11. The maximum Gasteiger partial charge on any atom is 0.323 e.